The Bertz CT molecular complexity index is 488. The highest BCUT2D eigenvalue weighted by atomic mass is 127. The van der Waals surface area contributed by atoms with Crippen LogP contribution in [0.1, 0.15) is 34.6 Å². The zero-order valence-electron chi connectivity index (χ0n) is 14.6. The van der Waals surface area contributed by atoms with Crippen molar-refractivity contribution < 1.29 is 9.59 Å². The zero-order valence-corrected chi connectivity index (χ0v) is 16.9. The van der Waals surface area contributed by atoms with Crippen molar-refractivity contribution in [3.8, 4) is 0 Å². The predicted octanol–water partition coefficient (Wildman–Crippen LogP) is 1.24. The molecule has 0 saturated carbocycles. The molecule has 0 unspecified atom stereocenters. The molecule has 8 heteroatoms. The molecule has 2 saturated heterocycles. The number of guanidine groups is 1. The Hall–Kier alpha value is -1.06. The number of hydrogen-bond donors (Lipinski definition) is 2. The number of hydrogen-bond acceptors (Lipinski definition) is 3. The normalized spacial score (nSPS) is 22.4. The van der Waals surface area contributed by atoms with E-state index >= 15 is 0 Å². The van der Waals surface area contributed by atoms with Gasteiger partial charge < -0.3 is 15.5 Å². The molecule has 3 amide bonds. The zero-order chi connectivity index (χ0) is 16.5. The molecule has 0 aromatic heterocycles. The smallest absolute Gasteiger partial charge is 0.324 e. The van der Waals surface area contributed by atoms with Crippen LogP contribution in [0.15, 0.2) is 4.99 Å². The minimum absolute atomic E-state index is 0. The van der Waals surface area contributed by atoms with Crippen LogP contribution in [0, 0.1) is 5.41 Å². The van der Waals surface area contributed by atoms with Crippen molar-refractivity contribution in [2.45, 2.75) is 40.2 Å². The van der Waals surface area contributed by atoms with E-state index in [0.717, 1.165) is 19.0 Å². The number of rotatable bonds is 4. The number of amides is 3. The Morgan fingerprint density at radius 3 is 2.39 bits per heavy atom. The molecule has 0 bridgehead atoms. The van der Waals surface area contributed by atoms with Gasteiger partial charge in [-0.3, -0.25) is 14.7 Å². The van der Waals surface area contributed by atoms with Crippen molar-refractivity contribution in [1.82, 2.24) is 20.4 Å². The van der Waals surface area contributed by atoms with E-state index in [1.54, 1.807) is 0 Å². The molecule has 23 heavy (non-hydrogen) atoms. The fourth-order valence-electron chi connectivity index (χ4n) is 2.73. The lowest BCUT2D eigenvalue weighted by atomic mass is 9.65. The SMILES string of the molecule is CCNC(=NCCN1C(=O)CNC1=O)N1CC(C)(C)C1(C)C.I. The topological polar surface area (TPSA) is 77.0 Å². The summed E-state index contributed by atoms with van der Waals surface area (Å²) in [5.41, 5.74) is 0.253. The number of halogens is 1. The summed E-state index contributed by atoms with van der Waals surface area (Å²) < 4.78 is 0. The number of nitrogens with one attached hydrogen (secondary N) is 2. The molecule has 0 atom stereocenters. The molecule has 2 aliphatic rings. The van der Waals surface area contributed by atoms with Crippen LogP contribution in [0.25, 0.3) is 0 Å². The Labute approximate surface area is 155 Å². The van der Waals surface area contributed by atoms with E-state index in [1.807, 2.05) is 6.92 Å². The number of urea groups is 1. The van der Waals surface area contributed by atoms with Crippen LogP contribution < -0.4 is 10.6 Å². The quantitative estimate of drug-likeness (QED) is 0.301. The Morgan fingerprint density at radius 1 is 1.30 bits per heavy atom. The monoisotopic (exact) mass is 437 g/mol. The number of nitrogens with zero attached hydrogens (tertiary/aromatic N) is 3. The second-order valence-electron chi connectivity index (χ2n) is 6.97. The van der Waals surface area contributed by atoms with Crippen molar-refractivity contribution in [2.24, 2.45) is 10.4 Å². The lowest BCUT2D eigenvalue weighted by Crippen LogP contribution is -2.72. The standard InChI is InChI=1S/C15H27N5O2.HI/c1-6-16-12(20-10-14(2,3)15(20,4)5)17-7-8-19-11(21)9-18-13(19)22;/h6-10H2,1-5H3,(H,16,17)(H,18,22);1H. The number of carbonyl (C=O) groups excluding carboxylic acids is 2. The number of imide groups is 1. The molecule has 0 spiro atoms. The summed E-state index contributed by atoms with van der Waals surface area (Å²) in [7, 11) is 0. The summed E-state index contributed by atoms with van der Waals surface area (Å²) in [5, 5.41) is 5.81. The maximum atomic E-state index is 11.5. The maximum absolute atomic E-state index is 11.5. The largest absolute Gasteiger partial charge is 0.356 e. The molecule has 0 aromatic rings. The Kier molecular flexibility index (Phi) is 6.28. The van der Waals surface area contributed by atoms with E-state index in [2.05, 4.69) is 48.2 Å². The first-order chi connectivity index (χ1) is 10.2. The summed E-state index contributed by atoms with van der Waals surface area (Å²) in [6.07, 6.45) is 0. The van der Waals surface area contributed by atoms with E-state index in [1.165, 1.54) is 4.90 Å². The van der Waals surface area contributed by atoms with E-state index in [4.69, 9.17) is 0 Å². The van der Waals surface area contributed by atoms with Crippen LogP contribution in [0.5, 0.6) is 0 Å². The minimum atomic E-state index is -0.324. The van der Waals surface area contributed by atoms with Gasteiger partial charge in [0.1, 0.15) is 0 Å². The van der Waals surface area contributed by atoms with E-state index in [-0.39, 0.29) is 53.4 Å². The summed E-state index contributed by atoms with van der Waals surface area (Å²) in [6.45, 7) is 13.5. The minimum Gasteiger partial charge on any atom is -0.356 e. The van der Waals surface area contributed by atoms with Gasteiger partial charge in [-0.2, -0.15) is 0 Å². The maximum Gasteiger partial charge on any atom is 0.324 e. The Morgan fingerprint density at radius 2 is 1.96 bits per heavy atom. The fraction of sp³-hybridized carbons (Fsp3) is 0.800. The molecule has 2 heterocycles. The first-order valence-corrected chi connectivity index (χ1v) is 7.85. The van der Waals surface area contributed by atoms with Gasteiger partial charge >= 0.3 is 6.03 Å². The molecule has 2 fully saturated rings. The number of aliphatic imine (C=N–C) groups is 1. The van der Waals surface area contributed by atoms with E-state index in [0.29, 0.717) is 13.1 Å². The summed E-state index contributed by atoms with van der Waals surface area (Å²) in [4.78, 5) is 31.1. The van der Waals surface area contributed by atoms with Gasteiger partial charge in [0.2, 0.25) is 5.91 Å². The van der Waals surface area contributed by atoms with Crippen molar-refractivity contribution in [3.63, 3.8) is 0 Å². The fourth-order valence-corrected chi connectivity index (χ4v) is 2.73. The molecule has 0 aliphatic carbocycles. The van der Waals surface area contributed by atoms with Gasteiger partial charge in [0.25, 0.3) is 0 Å². The van der Waals surface area contributed by atoms with Crippen LogP contribution in [0.4, 0.5) is 4.79 Å². The first kappa shape index (κ1) is 20.0. The van der Waals surface area contributed by atoms with Gasteiger partial charge in [-0.1, -0.05) is 13.8 Å². The first-order valence-electron chi connectivity index (χ1n) is 7.85. The molecule has 2 aliphatic heterocycles. The van der Waals surface area contributed by atoms with Crippen molar-refractivity contribution in [2.75, 3.05) is 32.7 Å². The highest BCUT2D eigenvalue weighted by Gasteiger charge is 2.53. The summed E-state index contributed by atoms with van der Waals surface area (Å²) >= 11 is 0. The molecular formula is C15H28IN5O2. The molecule has 132 valence electrons. The summed E-state index contributed by atoms with van der Waals surface area (Å²) in [5.74, 6) is 0.662. The van der Waals surface area contributed by atoms with Crippen LogP contribution in [0.3, 0.4) is 0 Å². The summed E-state index contributed by atoms with van der Waals surface area (Å²) in [6, 6.07) is -0.324. The molecular weight excluding hydrogens is 409 g/mol. The van der Waals surface area contributed by atoms with Crippen molar-refractivity contribution >= 4 is 41.9 Å². The van der Waals surface area contributed by atoms with Crippen molar-refractivity contribution in [3.05, 3.63) is 0 Å². The number of carbonyl (C=O) groups is 2. The average Bonchev–Trinajstić information content (AvgIpc) is 2.75. The average molecular weight is 437 g/mol. The Balaban J connectivity index is 0.00000264. The molecule has 0 aromatic carbocycles. The third-order valence-electron chi connectivity index (χ3n) is 5.00. The number of likely N-dealkylation sites (tertiary alicyclic amines) is 1. The lowest BCUT2D eigenvalue weighted by Gasteiger charge is -2.62. The lowest BCUT2D eigenvalue weighted by molar-refractivity contribution is -0.124. The molecule has 2 rings (SSSR count). The highest BCUT2D eigenvalue weighted by molar-refractivity contribution is 14.0. The van der Waals surface area contributed by atoms with Crippen LogP contribution in [0.2, 0.25) is 0 Å². The van der Waals surface area contributed by atoms with Gasteiger partial charge in [-0.15, -0.1) is 24.0 Å². The van der Waals surface area contributed by atoms with E-state index < -0.39 is 0 Å². The van der Waals surface area contributed by atoms with Gasteiger partial charge in [0.15, 0.2) is 5.96 Å². The highest BCUT2D eigenvalue weighted by Crippen LogP contribution is 2.46. The van der Waals surface area contributed by atoms with Crippen LogP contribution in [-0.2, 0) is 4.79 Å². The van der Waals surface area contributed by atoms with E-state index in [9.17, 15) is 9.59 Å². The molecule has 2 N–H and O–H groups in total. The van der Waals surface area contributed by atoms with Gasteiger partial charge in [-0.25, -0.2) is 4.79 Å². The van der Waals surface area contributed by atoms with Crippen LogP contribution in [-0.4, -0.2) is 66.0 Å². The van der Waals surface area contributed by atoms with Crippen LogP contribution >= 0.6 is 24.0 Å². The molecule has 7 nitrogen and oxygen atoms in total. The third-order valence-corrected chi connectivity index (χ3v) is 5.00. The second kappa shape index (κ2) is 7.23. The van der Waals surface area contributed by atoms with Gasteiger partial charge in [0.05, 0.1) is 19.6 Å². The third kappa shape index (κ3) is 3.72. The predicted molar refractivity (Wildman–Crippen MR) is 101 cm³/mol. The van der Waals surface area contributed by atoms with Gasteiger partial charge in [-0.05, 0) is 20.8 Å². The van der Waals surface area contributed by atoms with Crippen molar-refractivity contribution in [1.29, 1.82) is 0 Å². The van der Waals surface area contributed by atoms with Gasteiger partial charge in [0, 0.05) is 24.0 Å². The second-order valence-corrected chi connectivity index (χ2v) is 6.97. The molecule has 0 radical (unpaired) electrons.